The van der Waals surface area contributed by atoms with Crippen molar-refractivity contribution >= 4 is 38.9 Å². The van der Waals surface area contributed by atoms with E-state index in [4.69, 9.17) is 12.2 Å². The van der Waals surface area contributed by atoms with Gasteiger partial charge < -0.3 is 10.6 Å². The molecule has 0 saturated heterocycles. The molecule has 0 aromatic heterocycles. The number of benzene rings is 4. The van der Waals surface area contributed by atoms with Crippen LogP contribution in [0.15, 0.2) is 120 Å². The Morgan fingerprint density at radius 2 is 1.24 bits per heavy atom. The predicted molar refractivity (Wildman–Crippen MR) is 151 cm³/mol. The molecule has 0 unspecified atom stereocenters. The van der Waals surface area contributed by atoms with E-state index in [0.717, 1.165) is 16.7 Å². The lowest BCUT2D eigenvalue weighted by Gasteiger charge is -2.18. The zero-order valence-corrected chi connectivity index (χ0v) is 21.6. The van der Waals surface area contributed by atoms with Gasteiger partial charge in [-0.2, -0.15) is 0 Å². The van der Waals surface area contributed by atoms with Crippen LogP contribution >= 0.6 is 12.2 Å². The van der Waals surface area contributed by atoms with Gasteiger partial charge in [-0.3, -0.25) is 4.79 Å². The Morgan fingerprint density at radius 1 is 0.730 bits per heavy atom. The first-order valence-corrected chi connectivity index (χ1v) is 13.7. The summed E-state index contributed by atoms with van der Waals surface area (Å²) < 4.78 is 27.9. The van der Waals surface area contributed by atoms with E-state index in [0.29, 0.717) is 18.7 Å². The van der Waals surface area contributed by atoms with Crippen LogP contribution in [0.25, 0.3) is 0 Å². The van der Waals surface area contributed by atoms with Crippen molar-refractivity contribution in [2.24, 2.45) is 0 Å². The fourth-order valence-electron chi connectivity index (χ4n) is 3.91. The molecule has 4 aromatic carbocycles. The number of nitrogens with one attached hydrogen (secondary N) is 3. The first-order valence-electron chi connectivity index (χ1n) is 11.8. The van der Waals surface area contributed by atoms with Gasteiger partial charge in [-0.15, -0.1) is 0 Å². The van der Waals surface area contributed by atoms with E-state index in [1.165, 1.54) is 12.1 Å². The fourth-order valence-corrected chi connectivity index (χ4v) is 5.16. The maximum atomic E-state index is 13.2. The van der Waals surface area contributed by atoms with Gasteiger partial charge in [0.1, 0.15) is 0 Å². The minimum Gasteiger partial charge on any atom is -0.332 e. The summed E-state index contributed by atoms with van der Waals surface area (Å²) in [5, 5.41) is 5.85. The number of sulfonamides is 1. The van der Waals surface area contributed by atoms with Crippen LogP contribution in [0.4, 0.5) is 5.69 Å². The zero-order chi connectivity index (χ0) is 26.1. The summed E-state index contributed by atoms with van der Waals surface area (Å²) in [5.41, 5.74) is 3.32. The average molecular weight is 530 g/mol. The highest BCUT2D eigenvalue weighted by molar-refractivity contribution is 7.89. The maximum Gasteiger partial charge on any atom is 0.240 e. The number of carbonyl (C=O) groups excluding carboxylic acids is 1. The summed E-state index contributed by atoms with van der Waals surface area (Å²) >= 11 is 5.37. The molecule has 0 aliphatic rings. The van der Waals surface area contributed by atoms with Gasteiger partial charge in [0.25, 0.3) is 0 Å². The molecular formula is C29H27N3O3S2. The third-order valence-electron chi connectivity index (χ3n) is 5.74. The standard InChI is InChI=1S/C29H27N3O3S2/c33-28(27(23-12-6-2-7-13-23)24-14-8-3-9-15-24)32-29(36)31-25-16-18-26(19-17-25)37(34,35)30-21-20-22-10-4-1-5-11-22/h1-19,27,30H,20-21H2,(H2,31,32,33,36). The Kier molecular flexibility index (Phi) is 8.79. The van der Waals surface area contributed by atoms with Gasteiger partial charge in [0.2, 0.25) is 15.9 Å². The smallest absolute Gasteiger partial charge is 0.240 e. The zero-order valence-electron chi connectivity index (χ0n) is 20.0. The highest BCUT2D eigenvalue weighted by Gasteiger charge is 2.23. The van der Waals surface area contributed by atoms with E-state index in [1.807, 2.05) is 91.0 Å². The normalized spacial score (nSPS) is 11.2. The Labute approximate surface area is 222 Å². The molecular weight excluding hydrogens is 502 g/mol. The van der Waals surface area contributed by atoms with Crippen molar-refractivity contribution in [3.05, 3.63) is 132 Å². The molecule has 0 saturated carbocycles. The third-order valence-corrected chi connectivity index (χ3v) is 7.42. The second-order valence-electron chi connectivity index (χ2n) is 8.36. The number of amides is 1. The van der Waals surface area contributed by atoms with Crippen molar-refractivity contribution in [3.8, 4) is 0 Å². The van der Waals surface area contributed by atoms with Crippen LogP contribution in [0.5, 0.6) is 0 Å². The third kappa shape index (κ3) is 7.33. The van der Waals surface area contributed by atoms with Gasteiger partial charge in [-0.05, 0) is 59.6 Å². The van der Waals surface area contributed by atoms with E-state index in [1.54, 1.807) is 12.1 Å². The van der Waals surface area contributed by atoms with Crippen molar-refractivity contribution in [1.82, 2.24) is 10.0 Å². The molecule has 188 valence electrons. The molecule has 0 heterocycles. The van der Waals surface area contributed by atoms with Crippen LogP contribution in [0.1, 0.15) is 22.6 Å². The average Bonchev–Trinajstić information content (AvgIpc) is 2.91. The number of thiocarbonyl (C=S) groups is 1. The SMILES string of the molecule is O=C(NC(=S)Nc1ccc(S(=O)(=O)NCCc2ccccc2)cc1)C(c1ccccc1)c1ccccc1. The van der Waals surface area contributed by atoms with Crippen LogP contribution in [0, 0.1) is 0 Å². The van der Waals surface area contributed by atoms with Crippen LogP contribution in [0.2, 0.25) is 0 Å². The largest absolute Gasteiger partial charge is 0.332 e. The molecule has 0 fully saturated rings. The monoisotopic (exact) mass is 529 g/mol. The molecule has 37 heavy (non-hydrogen) atoms. The maximum absolute atomic E-state index is 13.2. The van der Waals surface area contributed by atoms with Crippen molar-refractivity contribution in [3.63, 3.8) is 0 Å². The molecule has 1 amide bonds. The molecule has 0 spiro atoms. The lowest BCUT2D eigenvalue weighted by molar-refractivity contribution is -0.120. The molecule has 4 aromatic rings. The number of hydrogen-bond acceptors (Lipinski definition) is 4. The number of rotatable bonds is 9. The molecule has 0 bridgehead atoms. The fraction of sp³-hybridized carbons (Fsp3) is 0.103. The summed E-state index contributed by atoms with van der Waals surface area (Å²) in [6.45, 7) is 0.298. The summed E-state index contributed by atoms with van der Waals surface area (Å²) in [4.78, 5) is 13.4. The van der Waals surface area contributed by atoms with Crippen LogP contribution in [-0.4, -0.2) is 26.0 Å². The van der Waals surface area contributed by atoms with Gasteiger partial charge >= 0.3 is 0 Å². The van der Waals surface area contributed by atoms with E-state index in [2.05, 4.69) is 15.4 Å². The van der Waals surface area contributed by atoms with Gasteiger partial charge in [-0.25, -0.2) is 13.1 Å². The Balaban J connectivity index is 1.36. The lowest BCUT2D eigenvalue weighted by Crippen LogP contribution is -2.37. The number of anilines is 1. The van der Waals surface area contributed by atoms with Gasteiger partial charge in [0.15, 0.2) is 5.11 Å². The highest BCUT2D eigenvalue weighted by Crippen LogP contribution is 2.25. The van der Waals surface area contributed by atoms with E-state index in [-0.39, 0.29) is 15.9 Å². The molecule has 3 N–H and O–H groups in total. The molecule has 6 nitrogen and oxygen atoms in total. The predicted octanol–water partition coefficient (Wildman–Crippen LogP) is 4.85. The van der Waals surface area contributed by atoms with Crippen molar-refractivity contribution in [2.45, 2.75) is 17.2 Å². The minimum atomic E-state index is -3.65. The van der Waals surface area contributed by atoms with E-state index >= 15 is 0 Å². The van der Waals surface area contributed by atoms with Crippen LogP contribution in [0.3, 0.4) is 0 Å². The molecule has 0 aliphatic heterocycles. The highest BCUT2D eigenvalue weighted by atomic mass is 32.2. The van der Waals surface area contributed by atoms with E-state index < -0.39 is 15.9 Å². The van der Waals surface area contributed by atoms with Crippen molar-refractivity contribution in [1.29, 1.82) is 0 Å². The number of hydrogen-bond donors (Lipinski definition) is 3. The summed E-state index contributed by atoms with van der Waals surface area (Å²) in [6, 6.07) is 34.9. The molecule has 0 aliphatic carbocycles. The Bertz CT molecular complexity index is 1390. The quantitative estimate of drug-likeness (QED) is 0.270. The molecule has 0 atom stereocenters. The second-order valence-corrected chi connectivity index (χ2v) is 10.5. The summed E-state index contributed by atoms with van der Waals surface area (Å²) in [6.07, 6.45) is 0.598. The van der Waals surface area contributed by atoms with Gasteiger partial charge in [0, 0.05) is 12.2 Å². The summed E-state index contributed by atoms with van der Waals surface area (Å²) in [7, 11) is -3.65. The van der Waals surface area contributed by atoms with Crippen LogP contribution in [-0.2, 0) is 21.2 Å². The second kappa shape index (κ2) is 12.4. The number of carbonyl (C=O) groups is 1. The van der Waals surface area contributed by atoms with Crippen molar-refractivity contribution < 1.29 is 13.2 Å². The summed E-state index contributed by atoms with van der Waals surface area (Å²) in [5.74, 6) is -0.798. The molecule has 8 heteroatoms. The van der Waals surface area contributed by atoms with Crippen molar-refractivity contribution in [2.75, 3.05) is 11.9 Å². The minimum absolute atomic E-state index is 0.124. The molecule has 0 radical (unpaired) electrons. The van der Waals surface area contributed by atoms with Crippen LogP contribution < -0.4 is 15.4 Å². The van der Waals surface area contributed by atoms with Gasteiger partial charge in [0.05, 0.1) is 10.8 Å². The molecule has 4 rings (SSSR count). The Morgan fingerprint density at radius 3 is 1.78 bits per heavy atom. The lowest BCUT2D eigenvalue weighted by atomic mass is 9.90. The van der Waals surface area contributed by atoms with Gasteiger partial charge in [-0.1, -0.05) is 91.0 Å². The first-order chi connectivity index (χ1) is 17.9. The topological polar surface area (TPSA) is 87.3 Å². The van der Waals surface area contributed by atoms with E-state index in [9.17, 15) is 13.2 Å². The Hall–Kier alpha value is -3.85. The first kappa shape index (κ1) is 26.2.